The van der Waals surface area contributed by atoms with Crippen LogP contribution in [-0.4, -0.2) is 10.9 Å². The monoisotopic (exact) mass is 272 g/mol. The SMILES string of the molecule is CC(NC(=O)CCc1ccccc1F)c1ccccn1. The van der Waals surface area contributed by atoms with Crippen molar-refractivity contribution < 1.29 is 9.18 Å². The average Bonchev–Trinajstić information content (AvgIpc) is 2.47. The summed E-state index contributed by atoms with van der Waals surface area (Å²) in [5, 5.41) is 2.86. The molecule has 0 aliphatic heterocycles. The number of halogens is 1. The average molecular weight is 272 g/mol. The molecule has 0 aliphatic rings. The van der Waals surface area contributed by atoms with E-state index < -0.39 is 0 Å². The summed E-state index contributed by atoms with van der Waals surface area (Å²) < 4.78 is 13.4. The lowest BCUT2D eigenvalue weighted by Gasteiger charge is -2.13. The molecule has 2 aromatic rings. The Morgan fingerprint density at radius 1 is 1.25 bits per heavy atom. The van der Waals surface area contributed by atoms with Crippen LogP contribution in [-0.2, 0) is 11.2 Å². The molecular formula is C16H17FN2O. The predicted molar refractivity (Wildman–Crippen MR) is 75.5 cm³/mol. The van der Waals surface area contributed by atoms with Gasteiger partial charge in [-0.3, -0.25) is 9.78 Å². The molecule has 0 spiro atoms. The number of nitrogens with zero attached hydrogens (tertiary/aromatic N) is 1. The summed E-state index contributed by atoms with van der Waals surface area (Å²) in [6.07, 6.45) is 2.35. The number of amides is 1. The van der Waals surface area contributed by atoms with Gasteiger partial charge in [-0.1, -0.05) is 24.3 Å². The topological polar surface area (TPSA) is 42.0 Å². The Morgan fingerprint density at radius 3 is 2.70 bits per heavy atom. The number of rotatable bonds is 5. The fourth-order valence-electron chi connectivity index (χ4n) is 1.97. The highest BCUT2D eigenvalue weighted by Gasteiger charge is 2.11. The summed E-state index contributed by atoms with van der Waals surface area (Å²) in [7, 11) is 0. The van der Waals surface area contributed by atoms with Gasteiger partial charge in [0.05, 0.1) is 11.7 Å². The van der Waals surface area contributed by atoms with Gasteiger partial charge in [0.15, 0.2) is 0 Å². The minimum Gasteiger partial charge on any atom is -0.348 e. The second kappa shape index (κ2) is 6.80. The van der Waals surface area contributed by atoms with Gasteiger partial charge in [0.25, 0.3) is 0 Å². The van der Waals surface area contributed by atoms with Crippen LogP contribution in [0.1, 0.15) is 30.6 Å². The fourth-order valence-corrected chi connectivity index (χ4v) is 1.97. The van der Waals surface area contributed by atoms with Crippen molar-refractivity contribution in [1.82, 2.24) is 10.3 Å². The maximum atomic E-state index is 13.4. The molecule has 20 heavy (non-hydrogen) atoms. The van der Waals surface area contributed by atoms with E-state index in [4.69, 9.17) is 0 Å². The van der Waals surface area contributed by atoms with E-state index in [9.17, 15) is 9.18 Å². The number of aromatic nitrogens is 1. The molecule has 0 bridgehead atoms. The maximum absolute atomic E-state index is 13.4. The lowest BCUT2D eigenvalue weighted by Crippen LogP contribution is -2.27. The maximum Gasteiger partial charge on any atom is 0.220 e. The molecule has 1 unspecified atom stereocenters. The second-order valence-corrected chi connectivity index (χ2v) is 4.64. The number of nitrogens with one attached hydrogen (secondary N) is 1. The Hall–Kier alpha value is -2.23. The van der Waals surface area contributed by atoms with E-state index in [0.717, 1.165) is 5.69 Å². The quantitative estimate of drug-likeness (QED) is 0.909. The van der Waals surface area contributed by atoms with Crippen LogP contribution in [0.3, 0.4) is 0 Å². The zero-order valence-corrected chi connectivity index (χ0v) is 11.3. The summed E-state index contributed by atoms with van der Waals surface area (Å²) in [6, 6.07) is 11.9. The van der Waals surface area contributed by atoms with Crippen LogP contribution in [0.5, 0.6) is 0 Å². The third-order valence-corrected chi connectivity index (χ3v) is 3.09. The number of benzene rings is 1. The van der Waals surface area contributed by atoms with E-state index in [2.05, 4.69) is 10.3 Å². The van der Waals surface area contributed by atoms with E-state index in [1.807, 2.05) is 25.1 Å². The molecule has 1 N–H and O–H groups in total. The molecule has 3 nitrogen and oxygen atoms in total. The molecule has 0 radical (unpaired) electrons. The van der Waals surface area contributed by atoms with Crippen LogP contribution < -0.4 is 5.32 Å². The van der Waals surface area contributed by atoms with Gasteiger partial charge in [0.1, 0.15) is 5.82 Å². The van der Waals surface area contributed by atoms with Gasteiger partial charge < -0.3 is 5.32 Å². The first-order valence-electron chi connectivity index (χ1n) is 6.60. The first-order chi connectivity index (χ1) is 9.66. The molecule has 4 heteroatoms. The molecule has 1 aromatic heterocycles. The van der Waals surface area contributed by atoms with Crippen molar-refractivity contribution in [3.8, 4) is 0 Å². The fraction of sp³-hybridized carbons (Fsp3) is 0.250. The Morgan fingerprint density at radius 2 is 2.00 bits per heavy atom. The number of aryl methyl sites for hydroxylation is 1. The van der Waals surface area contributed by atoms with E-state index in [1.54, 1.807) is 24.4 Å². The smallest absolute Gasteiger partial charge is 0.220 e. The Kier molecular flexibility index (Phi) is 4.82. The number of carbonyl (C=O) groups excluding carboxylic acids is 1. The van der Waals surface area contributed by atoms with Gasteiger partial charge in [-0.2, -0.15) is 0 Å². The van der Waals surface area contributed by atoms with Crippen molar-refractivity contribution in [2.75, 3.05) is 0 Å². The van der Waals surface area contributed by atoms with Crippen LogP contribution in [0, 0.1) is 5.82 Å². The van der Waals surface area contributed by atoms with Crippen LogP contribution in [0.4, 0.5) is 4.39 Å². The Balaban J connectivity index is 1.86. The molecule has 1 atom stereocenters. The molecule has 104 valence electrons. The number of hydrogen-bond donors (Lipinski definition) is 1. The molecular weight excluding hydrogens is 255 g/mol. The number of carbonyl (C=O) groups is 1. The van der Waals surface area contributed by atoms with E-state index in [0.29, 0.717) is 12.0 Å². The van der Waals surface area contributed by atoms with Crippen molar-refractivity contribution in [2.24, 2.45) is 0 Å². The Labute approximate surface area is 117 Å². The Bertz CT molecular complexity index is 572. The highest BCUT2D eigenvalue weighted by Crippen LogP contribution is 2.11. The van der Waals surface area contributed by atoms with Gasteiger partial charge in [0.2, 0.25) is 5.91 Å². The summed E-state index contributed by atoms with van der Waals surface area (Å²) in [5.74, 6) is -0.371. The summed E-state index contributed by atoms with van der Waals surface area (Å²) in [4.78, 5) is 16.0. The summed E-state index contributed by atoms with van der Waals surface area (Å²) in [6.45, 7) is 1.88. The minimum absolute atomic E-state index is 0.105. The summed E-state index contributed by atoms with van der Waals surface area (Å²) in [5.41, 5.74) is 1.37. The van der Waals surface area contributed by atoms with E-state index in [1.165, 1.54) is 6.07 Å². The van der Waals surface area contributed by atoms with Gasteiger partial charge in [-0.25, -0.2) is 4.39 Å². The van der Waals surface area contributed by atoms with Crippen molar-refractivity contribution in [2.45, 2.75) is 25.8 Å². The molecule has 0 saturated carbocycles. The number of hydrogen-bond acceptors (Lipinski definition) is 2. The molecule has 2 rings (SSSR count). The molecule has 0 saturated heterocycles. The van der Waals surface area contributed by atoms with Crippen LogP contribution in [0.15, 0.2) is 48.7 Å². The van der Waals surface area contributed by atoms with Crippen LogP contribution in [0.25, 0.3) is 0 Å². The van der Waals surface area contributed by atoms with Crippen molar-refractivity contribution >= 4 is 5.91 Å². The third-order valence-electron chi connectivity index (χ3n) is 3.09. The highest BCUT2D eigenvalue weighted by molar-refractivity contribution is 5.76. The van der Waals surface area contributed by atoms with E-state index in [-0.39, 0.29) is 24.2 Å². The molecule has 0 fully saturated rings. The lowest BCUT2D eigenvalue weighted by atomic mass is 10.1. The highest BCUT2D eigenvalue weighted by atomic mass is 19.1. The first kappa shape index (κ1) is 14.2. The minimum atomic E-state index is -0.266. The molecule has 1 aromatic carbocycles. The van der Waals surface area contributed by atoms with Gasteiger partial charge >= 0.3 is 0 Å². The zero-order valence-electron chi connectivity index (χ0n) is 11.3. The predicted octanol–water partition coefficient (Wildman–Crippen LogP) is 3.03. The normalized spacial score (nSPS) is 11.9. The second-order valence-electron chi connectivity index (χ2n) is 4.64. The molecule has 1 heterocycles. The first-order valence-corrected chi connectivity index (χ1v) is 6.60. The molecule has 1 amide bonds. The number of pyridine rings is 1. The van der Waals surface area contributed by atoms with E-state index >= 15 is 0 Å². The third kappa shape index (κ3) is 3.88. The van der Waals surface area contributed by atoms with Gasteiger partial charge in [0, 0.05) is 12.6 Å². The van der Waals surface area contributed by atoms with Gasteiger partial charge in [-0.05, 0) is 37.1 Å². The van der Waals surface area contributed by atoms with Crippen molar-refractivity contribution in [1.29, 1.82) is 0 Å². The van der Waals surface area contributed by atoms with Gasteiger partial charge in [-0.15, -0.1) is 0 Å². The van der Waals surface area contributed by atoms with Crippen LogP contribution >= 0.6 is 0 Å². The largest absolute Gasteiger partial charge is 0.348 e. The zero-order chi connectivity index (χ0) is 14.4. The van der Waals surface area contributed by atoms with Crippen molar-refractivity contribution in [3.63, 3.8) is 0 Å². The van der Waals surface area contributed by atoms with Crippen molar-refractivity contribution in [3.05, 3.63) is 65.7 Å². The standard InChI is InChI=1S/C16H17FN2O/c1-12(15-8-4-5-11-18-15)19-16(20)10-9-13-6-2-3-7-14(13)17/h2-8,11-12H,9-10H2,1H3,(H,19,20). The summed E-state index contributed by atoms with van der Waals surface area (Å²) >= 11 is 0. The molecule has 0 aliphatic carbocycles. The lowest BCUT2D eigenvalue weighted by molar-refractivity contribution is -0.121. The van der Waals surface area contributed by atoms with Crippen LogP contribution in [0.2, 0.25) is 0 Å².